The fourth-order valence-electron chi connectivity index (χ4n) is 2.23. The quantitative estimate of drug-likeness (QED) is 0.813. The van der Waals surface area contributed by atoms with Crippen molar-refractivity contribution >= 4 is 11.5 Å². The van der Waals surface area contributed by atoms with Crippen LogP contribution in [0.25, 0.3) is 5.52 Å². The summed E-state index contributed by atoms with van der Waals surface area (Å²) in [6.07, 6.45) is 5.39. The lowest BCUT2D eigenvalue weighted by molar-refractivity contribution is -0.138. The summed E-state index contributed by atoms with van der Waals surface area (Å²) in [5.41, 5.74) is 2.24. The molecule has 2 heterocycles. The second-order valence-electron chi connectivity index (χ2n) is 4.49. The molecule has 0 atom stereocenters. The molecule has 0 aliphatic heterocycles. The van der Waals surface area contributed by atoms with Gasteiger partial charge in [0, 0.05) is 31.0 Å². The Hall–Kier alpha value is -2.58. The first-order valence-corrected chi connectivity index (χ1v) is 6.19. The van der Waals surface area contributed by atoms with E-state index in [2.05, 4.69) is 12.6 Å². The molecule has 0 aromatic carbocycles. The SMILES string of the molecule is C=CCN(CC(=O)O)Cc1cn2ccccc2c1C#N. The third-order valence-corrected chi connectivity index (χ3v) is 3.01. The van der Waals surface area contributed by atoms with E-state index in [-0.39, 0.29) is 6.54 Å². The number of carboxylic acids is 1. The van der Waals surface area contributed by atoms with Crippen LogP contribution in [0.3, 0.4) is 0 Å². The summed E-state index contributed by atoms with van der Waals surface area (Å²) in [7, 11) is 0. The van der Waals surface area contributed by atoms with Gasteiger partial charge >= 0.3 is 5.97 Å². The minimum Gasteiger partial charge on any atom is -0.480 e. The maximum Gasteiger partial charge on any atom is 0.317 e. The predicted molar refractivity (Wildman–Crippen MR) is 75.2 cm³/mol. The van der Waals surface area contributed by atoms with Gasteiger partial charge < -0.3 is 9.51 Å². The zero-order valence-electron chi connectivity index (χ0n) is 11.0. The van der Waals surface area contributed by atoms with Crippen molar-refractivity contribution in [2.24, 2.45) is 0 Å². The van der Waals surface area contributed by atoms with Crippen molar-refractivity contribution in [3.63, 3.8) is 0 Å². The van der Waals surface area contributed by atoms with Crippen LogP contribution in [0.5, 0.6) is 0 Å². The third-order valence-electron chi connectivity index (χ3n) is 3.01. The molecule has 2 aromatic heterocycles. The number of hydrogen-bond donors (Lipinski definition) is 1. The summed E-state index contributed by atoms with van der Waals surface area (Å²) in [5.74, 6) is -0.894. The zero-order valence-corrected chi connectivity index (χ0v) is 11.0. The summed E-state index contributed by atoms with van der Waals surface area (Å²) in [4.78, 5) is 12.6. The Morgan fingerprint density at radius 3 is 3.00 bits per heavy atom. The van der Waals surface area contributed by atoms with Gasteiger partial charge in [-0.1, -0.05) is 12.1 Å². The van der Waals surface area contributed by atoms with E-state index in [9.17, 15) is 10.1 Å². The second-order valence-corrected chi connectivity index (χ2v) is 4.49. The van der Waals surface area contributed by atoms with Crippen LogP contribution in [-0.4, -0.2) is 33.5 Å². The van der Waals surface area contributed by atoms with Gasteiger partial charge in [0.15, 0.2) is 0 Å². The van der Waals surface area contributed by atoms with Crippen molar-refractivity contribution < 1.29 is 9.90 Å². The highest BCUT2D eigenvalue weighted by atomic mass is 16.4. The molecule has 0 amide bonds. The van der Waals surface area contributed by atoms with E-state index in [0.717, 1.165) is 11.1 Å². The molecule has 5 nitrogen and oxygen atoms in total. The molecule has 20 heavy (non-hydrogen) atoms. The lowest BCUT2D eigenvalue weighted by Gasteiger charge is -2.17. The molecule has 0 fully saturated rings. The first kappa shape index (κ1) is 13.8. The summed E-state index contributed by atoms with van der Waals surface area (Å²) < 4.78 is 1.88. The topological polar surface area (TPSA) is 68.7 Å². The van der Waals surface area contributed by atoms with Gasteiger partial charge in [-0.3, -0.25) is 9.69 Å². The molecule has 2 rings (SSSR count). The van der Waals surface area contributed by atoms with E-state index in [1.807, 2.05) is 35.0 Å². The molecule has 0 spiro atoms. The highest BCUT2D eigenvalue weighted by molar-refractivity contribution is 5.69. The molecule has 0 saturated heterocycles. The van der Waals surface area contributed by atoms with Gasteiger partial charge in [-0.05, 0) is 12.1 Å². The van der Waals surface area contributed by atoms with Gasteiger partial charge in [-0.25, -0.2) is 0 Å². The van der Waals surface area contributed by atoms with Gasteiger partial charge in [-0.15, -0.1) is 6.58 Å². The van der Waals surface area contributed by atoms with Crippen LogP contribution in [-0.2, 0) is 11.3 Å². The van der Waals surface area contributed by atoms with E-state index in [0.29, 0.717) is 18.7 Å². The van der Waals surface area contributed by atoms with Crippen molar-refractivity contribution in [3.05, 3.63) is 54.4 Å². The molecule has 0 bridgehead atoms. The maximum atomic E-state index is 10.9. The highest BCUT2D eigenvalue weighted by Gasteiger charge is 2.15. The van der Waals surface area contributed by atoms with Crippen molar-refractivity contribution in [2.45, 2.75) is 6.54 Å². The summed E-state index contributed by atoms with van der Waals surface area (Å²) >= 11 is 0. The molecule has 0 saturated carbocycles. The molecular weight excluding hydrogens is 254 g/mol. The smallest absolute Gasteiger partial charge is 0.317 e. The van der Waals surface area contributed by atoms with E-state index >= 15 is 0 Å². The molecule has 0 aliphatic carbocycles. The van der Waals surface area contributed by atoms with E-state index < -0.39 is 5.97 Å². The van der Waals surface area contributed by atoms with Crippen molar-refractivity contribution in [2.75, 3.05) is 13.1 Å². The van der Waals surface area contributed by atoms with Gasteiger partial charge in [0.1, 0.15) is 6.07 Å². The van der Waals surface area contributed by atoms with E-state index in [1.54, 1.807) is 11.0 Å². The Kier molecular flexibility index (Phi) is 4.18. The Labute approximate surface area is 117 Å². The summed E-state index contributed by atoms with van der Waals surface area (Å²) in [5, 5.41) is 18.2. The number of fused-ring (bicyclic) bond motifs is 1. The largest absolute Gasteiger partial charge is 0.480 e. The summed E-state index contributed by atoms with van der Waals surface area (Å²) in [6, 6.07) is 7.83. The van der Waals surface area contributed by atoms with Gasteiger partial charge in [0.25, 0.3) is 0 Å². The van der Waals surface area contributed by atoms with Crippen molar-refractivity contribution in [1.82, 2.24) is 9.30 Å². The van der Waals surface area contributed by atoms with Crippen LogP contribution in [0.2, 0.25) is 0 Å². The number of nitriles is 1. The first-order valence-electron chi connectivity index (χ1n) is 6.19. The molecular formula is C15H15N3O2. The highest BCUT2D eigenvalue weighted by Crippen LogP contribution is 2.19. The fraction of sp³-hybridized carbons (Fsp3) is 0.200. The number of nitrogens with zero attached hydrogens (tertiary/aromatic N) is 3. The minimum absolute atomic E-state index is 0.0803. The van der Waals surface area contributed by atoms with Gasteiger partial charge in [0.05, 0.1) is 17.6 Å². The van der Waals surface area contributed by atoms with Gasteiger partial charge in [-0.2, -0.15) is 5.26 Å². The maximum absolute atomic E-state index is 10.9. The van der Waals surface area contributed by atoms with Crippen LogP contribution >= 0.6 is 0 Å². The van der Waals surface area contributed by atoms with Crippen molar-refractivity contribution in [1.29, 1.82) is 5.26 Å². The molecule has 0 aliphatic rings. The van der Waals surface area contributed by atoms with E-state index in [1.165, 1.54) is 0 Å². The van der Waals surface area contributed by atoms with Crippen molar-refractivity contribution in [3.8, 4) is 6.07 Å². The Bertz CT molecular complexity index is 682. The molecule has 102 valence electrons. The molecule has 1 N–H and O–H groups in total. The van der Waals surface area contributed by atoms with Crippen LogP contribution < -0.4 is 0 Å². The van der Waals surface area contributed by atoms with Crippen LogP contribution in [0, 0.1) is 11.3 Å². The van der Waals surface area contributed by atoms with E-state index in [4.69, 9.17) is 5.11 Å². The van der Waals surface area contributed by atoms with Crippen LogP contribution in [0.4, 0.5) is 0 Å². The standard InChI is InChI=1S/C15H15N3O2/c1-2-6-17(11-15(19)20)9-12-10-18-7-4-3-5-14(18)13(12)8-16/h2-5,7,10H,1,6,9,11H2,(H,19,20). The number of aliphatic carboxylic acids is 1. The molecule has 0 unspecified atom stereocenters. The van der Waals surface area contributed by atoms with Crippen LogP contribution in [0.1, 0.15) is 11.1 Å². The third kappa shape index (κ3) is 2.87. The number of rotatable bonds is 6. The minimum atomic E-state index is -0.894. The summed E-state index contributed by atoms with van der Waals surface area (Å²) in [6.45, 7) is 4.42. The lowest BCUT2D eigenvalue weighted by Crippen LogP contribution is -2.29. The number of pyridine rings is 1. The number of hydrogen-bond acceptors (Lipinski definition) is 3. The number of carbonyl (C=O) groups is 1. The molecule has 2 aromatic rings. The number of carboxylic acid groups (broad SMARTS) is 1. The zero-order chi connectivity index (χ0) is 14.5. The lowest BCUT2D eigenvalue weighted by atomic mass is 10.1. The molecule has 0 radical (unpaired) electrons. The average molecular weight is 269 g/mol. The Morgan fingerprint density at radius 1 is 1.55 bits per heavy atom. The normalized spacial score (nSPS) is 10.6. The average Bonchev–Trinajstić information content (AvgIpc) is 2.75. The molecule has 5 heteroatoms. The Balaban J connectivity index is 2.34. The Morgan fingerprint density at radius 2 is 2.35 bits per heavy atom. The second kappa shape index (κ2) is 6.04. The fourth-order valence-corrected chi connectivity index (χ4v) is 2.23. The predicted octanol–water partition coefficient (Wildman–Crippen LogP) is 1.88. The number of aromatic nitrogens is 1. The first-order chi connectivity index (χ1) is 9.65. The monoisotopic (exact) mass is 269 g/mol. The van der Waals surface area contributed by atoms with Crippen LogP contribution in [0.15, 0.2) is 43.2 Å². The van der Waals surface area contributed by atoms with Gasteiger partial charge in [0.2, 0.25) is 0 Å².